The van der Waals surface area contributed by atoms with Crippen LogP contribution in [0, 0.1) is 0 Å². The Bertz CT molecular complexity index is 1100. The van der Waals surface area contributed by atoms with Crippen LogP contribution in [0.1, 0.15) is 46.3 Å². The molecule has 8 nitrogen and oxygen atoms in total. The van der Waals surface area contributed by atoms with Gasteiger partial charge in [-0.15, -0.1) is 0 Å². The van der Waals surface area contributed by atoms with Crippen molar-refractivity contribution in [3.8, 4) is 0 Å². The fourth-order valence-corrected chi connectivity index (χ4v) is 5.41. The fourth-order valence-electron chi connectivity index (χ4n) is 3.63. The maximum atomic E-state index is 13.1. The smallest absolute Gasteiger partial charge is 0.273 e. The van der Waals surface area contributed by atoms with Crippen LogP contribution >= 0.6 is 0 Å². The summed E-state index contributed by atoms with van der Waals surface area (Å²) in [5.41, 5.74) is 1.68. The quantitative estimate of drug-likeness (QED) is 0.623. The van der Waals surface area contributed by atoms with E-state index in [1.54, 1.807) is 30.6 Å². The molecule has 3 aromatic rings. The summed E-state index contributed by atoms with van der Waals surface area (Å²) in [6.07, 6.45) is 5.78. The van der Waals surface area contributed by atoms with Gasteiger partial charge in [-0.3, -0.25) is 9.78 Å². The summed E-state index contributed by atoms with van der Waals surface area (Å²) in [4.78, 5) is 20.8. The zero-order chi connectivity index (χ0) is 21.0. The minimum atomic E-state index is -3.58. The van der Waals surface area contributed by atoms with Gasteiger partial charge in [0.1, 0.15) is 0 Å². The predicted octanol–water partition coefficient (Wildman–Crippen LogP) is 2.67. The number of carbonyl (C=O) groups is 1. The van der Waals surface area contributed by atoms with Crippen molar-refractivity contribution in [2.75, 3.05) is 6.54 Å². The number of hydrogen-bond donors (Lipinski definition) is 1. The summed E-state index contributed by atoms with van der Waals surface area (Å²) in [5, 5.41) is 2.79. The van der Waals surface area contributed by atoms with Crippen molar-refractivity contribution in [1.29, 1.82) is 0 Å². The van der Waals surface area contributed by atoms with Crippen LogP contribution in [0.25, 0.3) is 0 Å². The van der Waals surface area contributed by atoms with Gasteiger partial charge < -0.3 is 9.73 Å². The number of hydrogen-bond acceptors (Lipinski definition) is 6. The number of oxazole rings is 1. The van der Waals surface area contributed by atoms with Crippen molar-refractivity contribution in [2.24, 2.45) is 0 Å². The van der Waals surface area contributed by atoms with Gasteiger partial charge in [0.25, 0.3) is 5.91 Å². The van der Waals surface area contributed by atoms with E-state index in [0.717, 1.165) is 11.1 Å². The molecule has 9 heteroatoms. The third-order valence-electron chi connectivity index (χ3n) is 5.04. The first kappa shape index (κ1) is 20.2. The van der Waals surface area contributed by atoms with Crippen molar-refractivity contribution in [3.05, 3.63) is 83.8 Å². The number of nitrogens with zero attached hydrogens (tertiary/aromatic N) is 3. The number of nitrogens with one attached hydrogen (secondary N) is 1. The number of carbonyl (C=O) groups excluding carboxylic acids is 1. The molecule has 0 bridgehead atoms. The second-order valence-electron chi connectivity index (χ2n) is 7.12. The Kier molecular flexibility index (Phi) is 5.91. The zero-order valence-electron chi connectivity index (χ0n) is 16.3. The molecule has 30 heavy (non-hydrogen) atoms. The molecule has 0 spiro atoms. The maximum Gasteiger partial charge on any atom is 0.273 e. The third-order valence-corrected chi connectivity index (χ3v) is 6.89. The van der Waals surface area contributed by atoms with Crippen LogP contribution in [0.4, 0.5) is 0 Å². The molecule has 1 fully saturated rings. The normalized spacial score (nSPS) is 17.1. The molecule has 1 aliphatic rings. The third kappa shape index (κ3) is 4.42. The fraction of sp³-hybridized carbons (Fsp3) is 0.286. The van der Waals surface area contributed by atoms with E-state index in [1.807, 2.05) is 24.3 Å². The number of amides is 1. The van der Waals surface area contributed by atoms with E-state index in [0.29, 0.717) is 25.9 Å². The predicted molar refractivity (Wildman–Crippen MR) is 110 cm³/mol. The molecule has 1 N–H and O–H groups in total. The maximum absolute atomic E-state index is 13.1. The summed E-state index contributed by atoms with van der Waals surface area (Å²) in [7, 11) is -3.58. The van der Waals surface area contributed by atoms with Gasteiger partial charge in [0, 0.05) is 25.5 Å². The molecule has 1 saturated heterocycles. The van der Waals surface area contributed by atoms with E-state index >= 15 is 0 Å². The Labute approximate surface area is 175 Å². The highest BCUT2D eigenvalue weighted by atomic mass is 32.2. The van der Waals surface area contributed by atoms with Crippen molar-refractivity contribution in [3.63, 3.8) is 0 Å². The van der Waals surface area contributed by atoms with Crippen molar-refractivity contribution >= 4 is 15.9 Å². The van der Waals surface area contributed by atoms with Gasteiger partial charge in [0.15, 0.2) is 17.8 Å². The van der Waals surface area contributed by atoms with E-state index in [2.05, 4.69) is 15.3 Å². The van der Waals surface area contributed by atoms with E-state index in [1.165, 1.54) is 10.7 Å². The number of rotatable bonds is 7. The lowest BCUT2D eigenvalue weighted by atomic mass is 10.1. The Morgan fingerprint density at radius 2 is 1.97 bits per heavy atom. The zero-order valence-corrected chi connectivity index (χ0v) is 17.1. The molecule has 4 rings (SSSR count). The van der Waals surface area contributed by atoms with Gasteiger partial charge in [0.05, 0.1) is 11.8 Å². The highest BCUT2D eigenvalue weighted by Gasteiger charge is 2.39. The lowest BCUT2D eigenvalue weighted by Gasteiger charge is -2.23. The van der Waals surface area contributed by atoms with Crippen LogP contribution in [-0.2, 0) is 22.3 Å². The van der Waals surface area contributed by atoms with Crippen LogP contribution in [0.2, 0.25) is 0 Å². The number of benzene rings is 1. The second-order valence-corrected chi connectivity index (χ2v) is 9.04. The monoisotopic (exact) mass is 426 g/mol. The first-order chi connectivity index (χ1) is 14.5. The van der Waals surface area contributed by atoms with Crippen LogP contribution in [0.15, 0.2) is 65.7 Å². The second kappa shape index (κ2) is 8.76. The lowest BCUT2D eigenvalue weighted by molar-refractivity contribution is 0.0942. The van der Waals surface area contributed by atoms with Gasteiger partial charge in [-0.2, -0.15) is 4.31 Å². The average Bonchev–Trinajstić information content (AvgIpc) is 3.43. The van der Waals surface area contributed by atoms with Gasteiger partial charge in [0.2, 0.25) is 10.0 Å². The van der Waals surface area contributed by atoms with Crippen LogP contribution in [-0.4, -0.2) is 35.1 Å². The Balaban J connectivity index is 1.51. The largest absolute Gasteiger partial charge is 0.446 e. The molecule has 0 aliphatic carbocycles. The summed E-state index contributed by atoms with van der Waals surface area (Å²) in [6, 6.07) is 12.1. The summed E-state index contributed by atoms with van der Waals surface area (Å²) >= 11 is 0. The number of pyridine rings is 1. The first-order valence-corrected chi connectivity index (χ1v) is 11.3. The lowest BCUT2D eigenvalue weighted by Crippen LogP contribution is -2.33. The Hall–Kier alpha value is -3.04. The van der Waals surface area contributed by atoms with E-state index < -0.39 is 22.0 Å². The molecule has 156 valence electrons. The molecule has 0 saturated carbocycles. The molecule has 1 aromatic carbocycles. The van der Waals surface area contributed by atoms with Crippen molar-refractivity contribution in [2.45, 2.75) is 31.2 Å². The number of aromatic nitrogens is 2. The van der Waals surface area contributed by atoms with Gasteiger partial charge in [-0.25, -0.2) is 13.4 Å². The summed E-state index contributed by atoms with van der Waals surface area (Å²) in [5.74, 6) is -0.219. The topological polar surface area (TPSA) is 105 Å². The minimum absolute atomic E-state index is 0.0962. The first-order valence-electron chi connectivity index (χ1n) is 9.68. The highest BCUT2D eigenvalue weighted by molar-refractivity contribution is 7.88. The van der Waals surface area contributed by atoms with Crippen LogP contribution in [0.5, 0.6) is 0 Å². The molecular formula is C21H22N4O4S. The van der Waals surface area contributed by atoms with Gasteiger partial charge in [-0.1, -0.05) is 36.4 Å². The SMILES string of the molecule is O=C(NCc1cccnc1)c1ncoc1[C@@H]1CCCN1S(=O)(=O)Cc1ccccc1. The molecular weight excluding hydrogens is 404 g/mol. The Morgan fingerprint density at radius 3 is 2.73 bits per heavy atom. The van der Waals surface area contributed by atoms with Crippen molar-refractivity contribution in [1.82, 2.24) is 19.6 Å². The molecule has 0 unspecified atom stereocenters. The molecule has 0 radical (unpaired) electrons. The average molecular weight is 426 g/mol. The standard InChI is InChI=1S/C21H22N4O4S/c26-21(23-13-17-8-4-10-22-12-17)19-20(29-15-24-19)18-9-5-11-25(18)30(27,28)14-16-6-2-1-3-7-16/h1-4,6-8,10,12,15,18H,5,9,11,13-14H2,(H,23,26)/t18-/m0/s1. The van der Waals surface area contributed by atoms with E-state index in [4.69, 9.17) is 4.42 Å². The molecule has 2 aromatic heterocycles. The van der Waals surface area contributed by atoms with Crippen LogP contribution in [0.3, 0.4) is 0 Å². The van der Waals surface area contributed by atoms with Gasteiger partial charge in [-0.05, 0) is 30.0 Å². The molecule has 1 aliphatic heterocycles. The minimum Gasteiger partial charge on any atom is -0.446 e. The number of sulfonamides is 1. The van der Waals surface area contributed by atoms with Crippen LogP contribution < -0.4 is 5.32 Å². The van der Waals surface area contributed by atoms with E-state index in [-0.39, 0.29) is 17.2 Å². The molecule has 1 amide bonds. The summed E-state index contributed by atoms with van der Waals surface area (Å²) < 4.78 is 33.0. The van der Waals surface area contributed by atoms with Crippen molar-refractivity contribution < 1.29 is 17.6 Å². The molecule has 3 heterocycles. The highest BCUT2D eigenvalue weighted by Crippen LogP contribution is 2.36. The summed E-state index contributed by atoms with van der Waals surface area (Å²) in [6.45, 7) is 0.678. The molecule has 1 atom stereocenters. The van der Waals surface area contributed by atoms with Gasteiger partial charge >= 0.3 is 0 Å². The van der Waals surface area contributed by atoms with E-state index in [9.17, 15) is 13.2 Å². The Morgan fingerprint density at radius 1 is 1.17 bits per heavy atom.